The van der Waals surface area contributed by atoms with Gasteiger partial charge in [-0.3, -0.25) is 0 Å². The van der Waals surface area contributed by atoms with Gasteiger partial charge in [-0.2, -0.15) is 132 Å². The lowest BCUT2D eigenvalue weighted by Crippen LogP contribution is -2.75. The lowest BCUT2D eigenvalue weighted by Gasteiger charge is -2.46. The van der Waals surface area contributed by atoms with Crippen molar-refractivity contribution in [3.8, 4) is 0 Å². The van der Waals surface area contributed by atoms with Crippen LogP contribution >= 0.6 is 0 Å². The molecule has 0 amide bonds. The first-order valence-electron chi connectivity index (χ1n) is 21.0. The number of alkyl halides is 24. The number of carbonyl (C=O) groups excluding carboxylic acids is 1. The summed E-state index contributed by atoms with van der Waals surface area (Å²) in [7, 11) is 0. The Morgan fingerprint density at radius 2 is 0.724 bits per heavy atom. The number of benzene rings is 5. The second kappa shape index (κ2) is 21.2. The number of nitrogens with zero attached hydrogens (tertiary/aromatic N) is 2. The molecule has 0 atom stereocenters. The zero-order valence-corrected chi connectivity index (χ0v) is 37.5. The molecule has 0 fully saturated rings. The molecule has 5 aromatic carbocycles. The molecule has 6 aromatic rings. The summed E-state index contributed by atoms with van der Waals surface area (Å²) in [5, 5.41) is 0. The van der Waals surface area contributed by atoms with Crippen LogP contribution in [0.3, 0.4) is 0 Å². The summed E-state index contributed by atoms with van der Waals surface area (Å²) in [5.41, 5.74) is -28.7. The van der Waals surface area contributed by atoms with E-state index < -0.39 is 195 Å². The Balaban J connectivity index is 0.000000468. The average Bonchev–Trinajstić information content (AvgIpc) is 3.29. The highest BCUT2D eigenvalue weighted by molar-refractivity contribution is 7.20. The summed E-state index contributed by atoms with van der Waals surface area (Å²) in [4.78, 5) is 15.7. The first-order valence-corrected chi connectivity index (χ1v) is 21.0. The lowest BCUT2D eigenvalue weighted by atomic mass is 9.12. The van der Waals surface area contributed by atoms with Crippen molar-refractivity contribution in [2.45, 2.75) is 69.3 Å². The summed E-state index contributed by atoms with van der Waals surface area (Å²) < 4.78 is 348. The molecule has 0 aliphatic rings. The molecular formula is C47H29BF24N2O2. The minimum atomic E-state index is -6.13. The molecule has 0 saturated heterocycles. The van der Waals surface area contributed by atoms with Crippen molar-refractivity contribution in [1.29, 1.82) is 0 Å². The van der Waals surface area contributed by atoms with Gasteiger partial charge < -0.3 is 4.74 Å². The Labute approximate surface area is 411 Å². The number of halogens is 24. The number of hydrogen-bond donors (Lipinski definition) is 0. The van der Waals surface area contributed by atoms with Crippen LogP contribution in [0.1, 0.15) is 73.9 Å². The maximum atomic E-state index is 14.2. The lowest BCUT2D eigenvalue weighted by molar-refractivity contribution is -0.689. The van der Waals surface area contributed by atoms with Crippen molar-refractivity contribution in [1.82, 2.24) is 4.98 Å². The van der Waals surface area contributed by atoms with Gasteiger partial charge in [0.15, 0.2) is 12.7 Å². The van der Waals surface area contributed by atoms with Gasteiger partial charge in [-0.05, 0) is 30.7 Å². The molecule has 410 valence electrons. The standard InChI is InChI=1S/C32H12BF24.C15H17N2O2/c34-25(35,36)13-1-14(26(37,38)39)6-21(5-13)33(22-7-15(27(40,41)42)2-16(8-22)28(43,44)45,23-9-17(29(46,47)48)3-18(10-23)30(49,50)51)24-11-19(31(52,53)54)4-20(12-24)32(55,56)57;1-2-10-19-15(18)14-12-17(9-8-16-14)11-13-6-4-3-5-7-13/h1-12H;3-9,12H,2,10-11H2,1H3/q-1;+1. The minimum Gasteiger partial charge on any atom is -0.461 e. The monoisotopic (exact) mass is 1120 g/mol. The van der Waals surface area contributed by atoms with Crippen LogP contribution in [0.2, 0.25) is 0 Å². The molecule has 0 unspecified atom stereocenters. The molecule has 0 saturated carbocycles. The van der Waals surface area contributed by atoms with E-state index in [4.69, 9.17) is 4.74 Å². The van der Waals surface area contributed by atoms with E-state index in [-0.39, 0.29) is 5.97 Å². The van der Waals surface area contributed by atoms with Crippen LogP contribution in [0.5, 0.6) is 0 Å². The third-order valence-corrected chi connectivity index (χ3v) is 11.1. The molecule has 29 heteroatoms. The Hall–Kier alpha value is -6.97. The fourth-order valence-electron chi connectivity index (χ4n) is 7.77. The topological polar surface area (TPSA) is 43.1 Å². The van der Waals surface area contributed by atoms with Crippen molar-refractivity contribution >= 4 is 34.0 Å². The third kappa shape index (κ3) is 14.3. The molecule has 0 aliphatic carbocycles. The number of hydrogen-bond acceptors (Lipinski definition) is 3. The van der Waals surface area contributed by atoms with Gasteiger partial charge >= 0.3 is 55.4 Å². The largest absolute Gasteiger partial charge is 0.461 e. The number of rotatable bonds is 9. The van der Waals surface area contributed by atoms with Gasteiger partial charge in [0.05, 0.1) is 57.3 Å². The van der Waals surface area contributed by atoms with E-state index >= 15 is 0 Å². The molecule has 0 N–H and O–H groups in total. The van der Waals surface area contributed by atoms with Crippen LogP contribution in [0.15, 0.2) is 122 Å². The normalized spacial score (nSPS) is 13.3. The number of ether oxygens (including phenoxy) is 1. The Morgan fingerprint density at radius 3 is 0.974 bits per heavy atom. The first kappa shape index (κ1) is 59.9. The van der Waals surface area contributed by atoms with E-state index in [9.17, 15) is 110 Å². The van der Waals surface area contributed by atoms with Gasteiger partial charge in [0.25, 0.3) is 0 Å². The smallest absolute Gasteiger partial charge is 0.416 e. The summed E-state index contributed by atoms with van der Waals surface area (Å²) in [5.74, 6) is -0.371. The van der Waals surface area contributed by atoms with Crippen LogP contribution < -0.4 is 26.4 Å². The van der Waals surface area contributed by atoms with E-state index in [0.29, 0.717) is 18.8 Å². The van der Waals surface area contributed by atoms with E-state index in [1.54, 1.807) is 12.4 Å². The highest BCUT2D eigenvalue weighted by atomic mass is 19.4. The zero-order valence-electron chi connectivity index (χ0n) is 37.5. The molecule has 76 heavy (non-hydrogen) atoms. The summed E-state index contributed by atoms with van der Waals surface area (Å²) in [6.07, 6.45) is -48.8. The van der Waals surface area contributed by atoms with Crippen molar-refractivity contribution in [3.05, 3.63) is 177 Å². The van der Waals surface area contributed by atoms with E-state index in [2.05, 4.69) is 4.98 Å². The van der Waals surface area contributed by atoms with Crippen molar-refractivity contribution in [3.63, 3.8) is 0 Å². The van der Waals surface area contributed by atoms with E-state index in [0.717, 1.165) is 6.42 Å². The van der Waals surface area contributed by atoms with Gasteiger partial charge in [-0.15, -0.1) is 0 Å². The van der Waals surface area contributed by atoms with E-state index in [1.165, 1.54) is 5.56 Å². The molecule has 0 aliphatic heterocycles. The highest BCUT2D eigenvalue weighted by Gasteiger charge is 2.47. The minimum absolute atomic E-state index is 0.340. The molecule has 1 heterocycles. The van der Waals surface area contributed by atoms with Gasteiger partial charge in [0.1, 0.15) is 6.15 Å². The molecule has 4 nitrogen and oxygen atoms in total. The van der Waals surface area contributed by atoms with Crippen LogP contribution in [0.25, 0.3) is 0 Å². The number of carbonyl (C=O) groups is 1. The second-order valence-electron chi connectivity index (χ2n) is 16.5. The molecular weight excluding hydrogens is 1090 g/mol. The molecule has 1 aromatic heterocycles. The summed E-state index contributed by atoms with van der Waals surface area (Å²) >= 11 is 0. The number of aromatic nitrogens is 2. The van der Waals surface area contributed by atoms with Gasteiger partial charge in [-0.25, -0.2) is 9.78 Å². The highest BCUT2D eigenvalue weighted by Crippen LogP contribution is 2.41. The molecule has 0 radical (unpaired) electrons. The third-order valence-electron chi connectivity index (χ3n) is 11.1. The van der Waals surface area contributed by atoms with Gasteiger partial charge in [0.2, 0.25) is 11.9 Å². The van der Waals surface area contributed by atoms with Crippen LogP contribution in [0.4, 0.5) is 105 Å². The summed E-state index contributed by atoms with van der Waals surface area (Å²) in [6.45, 7) is 3.09. The Kier molecular flexibility index (Phi) is 16.7. The van der Waals surface area contributed by atoms with Crippen LogP contribution in [-0.2, 0) is 60.7 Å². The van der Waals surface area contributed by atoms with Crippen molar-refractivity contribution < 1.29 is 119 Å². The van der Waals surface area contributed by atoms with Crippen molar-refractivity contribution in [2.24, 2.45) is 0 Å². The second-order valence-corrected chi connectivity index (χ2v) is 16.5. The molecule has 0 bridgehead atoms. The Bertz CT molecular complexity index is 2590. The van der Waals surface area contributed by atoms with Crippen LogP contribution in [-0.4, -0.2) is 23.7 Å². The van der Waals surface area contributed by atoms with Gasteiger partial charge in [0, 0.05) is 5.56 Å². The van der Waals surface area contributed by atoms with Crippen molar-refractivity contribution in [2.75, 3.05) is 6.61 Å². The Morgan fingerprint density at radius 1 is 0.447 bits per heavy atom. The SMILES string of the molecule is CCCOC(=O)c1c[n+](Cc2ccccc2)ccn1.FC(F)(F)c1cc([B-](c2cc(C(F)(F)F)cc(C(F)(F)F)c2)(c2cc(C(F)(F)F)cc(C(F)(F)F)c2)c2cc(C(F)(F)F)cc(C(F)(F)F)c2)cc(C(F)(F)F)c1. The quantitative estimate of drug-likeness (QED) is 0.0627. The first-order chi connectivity index (χ1) is 34.6. The molecule has 6 rings (SSSR count). The maximum absolute atomic E-state index is 14.2. The predicted octanol–water partition coefficient (Wildman–Crippen LogP) is 13.2. The van der Waals surface area contributed by atoms with Crippen LogP contribution in [0, 0.1) is 0 Å². The maximum Gasteiger partial charge on any atom is 0.416 e. The average molecular weight is 1120 g/mol. The summed E-state index contributed by atoms with van der Waals surface area (Å²) in [6, 6.07) is 1.25. The number of esters is 1. The fourth-order valence-corrected chi connectivity index (χ4v) is 7.77. The fraction of sp³-hybridized carbons (Fsp3) is 0.255. The van der Waals surface area contributed by atoms with Gasteiger partial charge in [-0.1, -0.05) is 85.8 Å². The zero-order chi connectivity index (χ0) is 57.4. The predicted molar refractivity (Wildman–Crippen MR) is 221 cm³/mol. The van der Waals surface area contributed by atoms with E-state index in [1.807, 2.05) is 48.0 Å². The molecule has 0 spiro atoms.